The van der Waals surface area contributed by atoms with Gasteiger partial charge in [0.05, 0.1) is 13.7 Å². The topological polar surface area (TPSA) is 142 Å². The zero-order valence-electron chi connectivity index (χ0n) is 19.9. The van der Waals surface area contributed by atoms with E-state index in [1.807, 2.05) is 13.8 Å². The van der Waals surface area contributed by atoms with Crippen LogP contribution in [0.25, 0.3) is 0 Å². The molecule has 0 aliphatic heterocycles. The number of carbonyl (C=O) groups is 1. The van der Waals surface area contributed by atoms with E-state index in [1.165, 1.54) is 11.4 Å². The fourth-order valence-electron chi connectivity index (χ4n) is 3.73. The van der Waals surface area contributed by atoms with Crippen LogP contribution < -0.4 is 21.8 Å². The Morgan fingerprint density at radius 1 is 1.38 bits per heavy atom. The third kappa shape index (κ3) is 5.97. The highest BCUT2D eigenvalue weighted by atomic mass is 16.5. The maximum absolute atomic E-state index is 12.0. The van der Waals surface area contributed by atoms with E-state index in [0.717, 1.165) is 17.8 Å². The maximum Gasteiger partial charge on any atom is 0.346 e. The second-order valence-corrected chi connectivity index (χ2v) is 8.98. The lowest BCUT2D eigenvalue weighted by molar-refractivity contribution is -0.530. The van der Waals surface area contributed by atoms with Gasteiger partial charge < -0.3 is 15.6 Å². The number of quaternary nitrogens is 1. The molecule has 1 unspecified atom stereocenters. The Kier molecular flexibility index (Phi) is 8.21. The SMILES string of the molecule is CCOC1=CC([C@H]([NH+]=C(N)C(N)=Nc2cccc(C(=O)[NH2+]C)c2O)C(C)(C)C)CC=C1C. The molecule has 0 aromatic heterocycles. The molecule has 1 aromatic rings. The van der Waals surface area contributed by atoms with E-state index in [0.29, 0.717) is 6.61 Å². The van der Waals surface area contributed by atoms with Crippen molar-refractivity contribution in [3.8, 4) is 5.75 Å². The number of nitrogens with zero attached hydrogens (tertiary/aromatic N) is 1. The molecular weight excluding hydrogens is 406 g/mol. The monoisotopic (exact) mass is 443 g/mol. The van der Waals surface area contributed by atoms with Gasteiger partial charge in [-0.1, -0.05) is 32.9 Å². The second-order valence-electron chi connectivity index (χ2n) is 8.98. The van der Waals surface area contributed by atoms with Gasteiger partial charge in [-0.2, -0.15) is 0 Å². The van der Waals surface area contributed by atoms with Crippen LogP contribution in [0.5, 0.6) is 5.75 Å². The number of benzene rings is 1. The van der Waals surface area contributed by atoms with Gasteiger partial charge in [0, 0.05) is 11.3 Å². The number of ether oxygens (including phenoxy) is 1. The van der Waals surface area contributed by atoms with Crippen molar-refractivity contribution in [1.29, 1.82) is 0 Å². The highest BCUT2D eigenvalue weighted by Gasteiger charge is 2.35. The molecule has 0 radical (unpaired) electrons. The van der Waals surface area contributed by atoms with Gasteiger partial charge in [-0.3, -0.25) is 16.0 Å². The van der Waals surface area contributed by atoms with E-state index in [4.69, 9.17) is 16.2 Å². The smallest absolute Gasteiger partial charge is 0.346 e. The van der Waals surface area contributed by atoms with Gasteiger partial charge in [-0.15, -0.1) is 0 Å². The first-order chi connectivity index (χ1) is 15.0. The van der Waals surface area contributed by atoms with Gasteiger partial charge in [0.25, 0.3) is 0 Å². The van der Waals surface area contributed by atoms with Crippen molar-refractivity contribution in [3.05, 3.63) is 47.2 Å². The highest BCUT2D eigenvalue weighted by Crippen LogP contribution is 2.32. The minimum absolute atomic E-state index is 0.0381. The Balaban J connectivity index is 2.40. The van der Waals surface area contributed by atoms with E-state index in [9.17, 15) is 9.90 Å². The summed E-state index contributed by atoms with van der Waals surface area (Å²) in [7, 11) is 1.61. The van der Waals surface area contributed by atoms with E-state index >= 15 is 0 Å². The fourth-order valence-corrected chi connectivity index (χ4v) is 3.73. The first-order valence-electron chi connectivity index (χ1n) is 10.9. The van der Waals surface area contributed by atoms with Crippen LogP contribution in [0.1, 0.15) is 51.4 Å². The van der Waals surface area contributed by atoms with Crippen molar-refractivity contribution in [1.82, 2.24) is 0 Å². The van der Waals surface area contributed by atoms with Gasteiger partial charge >= 0.3 is 11.7 Å². The molecule has 0 saturated heterocycles. The normalized spacial score (nSPS) is 18.6. The first-order valence-corrected chi connectivity index (χ1v) is 10.9. The minimum Gasteiger partial charge on any atom is -0.505 e. The molecule has 0 bridgehead atoms. The number of allylic oxidation sites excluding steroid dienone is 2. The molecule has 2 atom stereocenters. The predicted octanol–water partition coefficient (Wildman–Crippen LogP) is 0.453. The van der Waals surface area contributed by atoms with E-state index < -0.39 is 0 Å². The number of nitrogens with one attached hydrogen (secondary N) is 1. The Bertz CT molecular complexity index is 970. The molecule has 0 fully saturated rings. The number of primary amides is 1. The first kappa shape index (κ1) is 25.1. The lowest BCUT2D eigenvalue weighted by Crippen LogP contribution is -2.87. The Labute approximate surface area is 190 Å². The van der Waals surface area contributed by atoms with Crippen molar-refractivity contribution in [2.24, 2.45) is 27.8 Å². The second kappa shape index (κ2) is 10.5. The van der Waals surface area contributed by atoms with Crippen molar-refractivity contribution in [2.45, 2.75) is 47.1 Å². The molecule has 8 N–H and O–H groups in total. The van der Waals surface area contributed by atoms with Crippen LogP contribution in [0.3, 0.4) is 0 Å². The third-order valence-corrected chi connectivity index (χ3v) is 5.48. The summed E-state index contributed by atoms with van der Waals surface area (Å²) in [5, 5.41) is 11.8. The van der Waals surface area contributed by atoms with Crippen LogP contribution >= 0.6 is 0 Å². The number of aliphatic imine (C=N–C) groups is 1. The van der Waals surface area contributed by atoms with E-state index in [1.54, 1.807) is 19.2 Å². The molecule has 2 rings (SSSR count). The highest BCUT2D eigenvalue weighted by molar-refractivity contribution is 6.37. The van der Waals surface area contributed by atoms with Crippen LogP contribution in [0.15, 0.2) is 46.7 Å². The fraction of sp³-hybridized carbons (Fsp3) is 0.458. The number of carbonyl (C=O) groups excluding carboxylic acids is 1. The number of nitrogens with two attached hydrogens (primary N) is 3. The number of hydrogen-bond donors (Lipinski definition) is 5. The van der Waals surface area contributed by atoms with Crippen molar-refractivity contribution in [3.63, 3.8) is 0 Å². The summed E-state index contributed by atoms with van der Waals surface area (Å²) in [6.07, 6.45) is 5.17. The number of aromatic hydroxyl groups is 1. The van der Waals surface area contributed by atoms with Crippen molar-refractivity contribution < 1.29 is 24.9 Å². The molecule has 32 heavy (non-hydrogen) atoms. The number of amidine groups is 2. The molecular formula is C24H37N5O3+2. The molecule has 0 saturated carbocycles. The summed E-state index contributed by atoms with van der Waals surface area (Å²) < 4.78 is 5.79. The summed E-state index contributed by atoms with van der Waals surface area (Å²) in [6.45, 7) is 11.0. The van der Waals surface area contributed by atoms with Crippen molar-refractivity contribution >= 4 is 23.3 Å². The standard InChI is InChI=1S/C24H35N5O3/c1-7-32-18-13-15(12-11-14(18)2)20(24(3,4)5)29-22(26)21(25)28-17-10-8-9-16(19(17)30)23(31)27-6/h8-11,13,15,20,30H,7,12H2,1-6H3,(H2,25,28)(H2,26,29)(H,27,31)/p+2/t15?,20-/m0/s1. The average molecular weight is 444 g/mol. The van der Waals surface area contributed by atoms with Gasteiger partial charge in [0.2, 0.25) is 5.84 Å². The van der Waals surface area contributed by atoms with Gasteiger partial charge in [0.1, 0.15) is 23.1 Å². The van der Waals surface area contributed by atoms with Gasteiger partial charge in [-0.25, -0.2) is 9.79 Å². The van der Waals surface area contributed by atoms with Crippen LogP contribution in [0, 0.1) is 11.3 Å². The number of para-hydroxylation sites is 1. The molecule has 0 spiro atoms. The molecule has 8 nitrogen and oxygen atoms in total. The summed E-state index contributed by atoms with van der Waals surface area (Å²) >= 11 is 0. The van der Waals surface area contributed by atoms with Gasteiger partial charge in [0.15, 0.2) is 5.75 Å². The molecule has 0 heterocycles. The molecule has 8 heteroatoms. The van der Waals surface area contributed by atoms with Gasteiger partial charge in [-0.05, 0) is 44.1 Å². The molecule has 1 amide bonds. The van der Waals surface area contributed by atoms with Crippen LogP contribution in [-0.2, 0) is 4.74 Å². The summed E-state index contributed by atoms with van der Waals surface area (Å²) in [4.78, 5) is 19.6. The Hall–Kier alpha value is -3.13. The lowest BCUT2D eigenvalue weighted by Gasteiger charge is -2.33. The Morgan fingerprint density at radius 2 is 2.06 bits per heavy atom. The average Bonchev–Trinajstić information content (AvgIpc) is 2.73. The number of hydrogen-bond acceptors (Lipinski definition) is 4. The van der Waals surface area contributed by atoms with E-state index in [-0.39, 0.29) is 52.0 Å². The summed E-state index contributed by atoms with van der Waals surface area (Å²) in [5.41, 5.74) is 13.8. The maximum atomic E-state index is 12.0. The number of phenols is 1. The molecule has 1 aliphatic carbocycles. The third-order valence-electron chi connectivity index (χ3n) is 5.48. The molecule has 1 aromatic carbocycles. The molecule has 174 valence electrons. The van der Waals surface area contributed by atoms with Crippen molar-refractivity contribution in [2.75, 3.05) is 13.7 Å². The summed E-state index contributed by atoms with van der Waals surface area (Å²) in [6, 6.07) is 4.71. The zero-order valence-corrected chi connectivity index (χ0v) is 19.9. The van der Waals surface area contributed by atoms with Crippen LogP contribution in [-0.4, -0.2) is 42.4 Å². The quantitative estimate of drug-likeness (QED) is 0.321. The number of amides is 1. The van der Waals surface area contributed by atoms with E-state index in [2.05, 4.69) is 42.9 Å². The van der Waals surface area contributed by atoms with Crippen LogP contribution in [0.4, 0.5) is 5.69 Å². The lowest BCUT2D eigenvalue weighted by atomic mass is 9.76. The molecule has 1 aliphatic rings. The largest absolute Gasteiger partial charge is 0.505 e. The van der Waals surface area contributed by atoms with Crippen LogP contribution in [0.2, 0.25) is 0 Å². The predicted molar refractivity (Wildman–Crippen MR) is 127 cm³/mol. The summed E-state index contributed by atoms with van der Waals surface area (Å²) in [5.74, 6) is 0.756. The number of rotatable bonds is 6. The Morgan fingerprint density at radius 3 is 2.66 bits per heavy atom. The minimum atomic E-state index is -0.293. The zero-order chi connectivity index (χ0) is 24.1.